The fraction of sp³-hybridized carbons (Fsp3) is 0.667. The van der Waals surface area contributed by atoms with Gasteiger partial charge in [-0.3, -0.25) is 10.1 Å². The number of aryl methyl sites for hydroxylation is 1. The Kier molecular flexibility index (Phi) is 7.44. The Balaban J connectivity index is 2.74. The van der Waals surface area contributed by atoms with Crippen LogP contribution in [-0.2, 0) is 11.3 Å². The SMILES string of the molecule is CCCCn1c(S[C@@H](C)C(=O)NC(=O)NCC)nc(C)c1C. The molecule has 0 spiro atoms. The zero-order chi connectivity index (χ0) is 16.7. The number of imide groups is 1. The average molecular weight is 326 g/mol. The first kappa shape index (κ1) is 18.5. The summed E-state index contributed by atoms with van der Waals surface area (Å²) in [6.07, 6.45) is 2.18. The Bertz CT molecular complexity index is 528. The van der Waals surface area contributed by atoms with Crippen LogP contribution in [0.2, 0.25) is 0 Å². The molecular weight excluding hydrogens is 300 g/mol. The van der Waals surface area contributed by atoms with Gasteiger partial charge in [-0.1, -0.05) is 25.1 Å². The van der Waals surface area contributed by atoms with Crippen molar-refractivity contribution < 1.29 is 9.59 Å². The van der Waals surface area contributed by atoms with Crippen LogP contribution in [0.15, 0.2) is 5.16 Å². The van der Waals surface area contributed by atoms with Crippen molar-refractivity contribution in [3.05, 3.63) is 11.4 Å². The second-order valence-electron chi connectivity index (χ2n) is 5.18. The maximum Gasteiger partial charge on any atom is 0.321 e. The summed E-state index contributed by atoms with van der Waals surface area (Å²) in [6, 6.07) is -0.457. The molecule has 3 amide bonds. The predicted molar refractivity (Wildman–Crippen MR) is 89.1 cm³/mol. The van der Waals surface area contributed by atoms with Crippen LogP contribution >= 0.6 is 11.8 Å². The average Bonchev–Trinajstić information content (AvgIpc) is 2.71. The second-order valence-corrected chi connectivity index (χ2v) is 6.49. The highest BCUT2D eigenvalue weighted by Gasteiger charge is 2.20. The third-order valence-corrected chi connectivity index (χ3v) is 4.47. The lowest BCUT2D eigenvalue weighted by molar-refractivity contribution is -0.119. The molecule has 0 aromatic carbocycles. The Morgan fingerprint density at radius 2 is 2.00 bits per heavy atom. The molecule has 0 saturated carbocycles. The van der Waals surface area contributed by atoms with Gasteiger partial charge in [0.05, 0.1) is 10.9 Å². The molecule has 6 nitrogen and oxygen atoms in total. The number of aromatic nitrogens is 2. The van der Waals surface area contributed by atoms with E-state index in [9.17, 15) is 9.59 Å². The van der Waals surface area contributed by atoms with E-state index in [4.69, 9.17) is 0 Å². The maximum atomic E-state index is 12.0. The third-order valence-electron chi connectivity index (χ3n) is 3.38. The largest absolute Gasteiger partial charge is 0.338 e. The number of unbranched alkanes of at least 4 members (excludes halogenated alkanes) is 1. The van der Waals surface area contributed by atoms with E-state index in [0.29, 0.717) is 6.54 Å². The topological polar surface area (TPSA) is 76.0 Å². The van der Waals surface area contributed by atoms with E-state index in [0.717, 1.165) is 35.9 Å². The minimum Gasteiger partial charge on any atom is -0.338 e. The third kappa shape index (κ3) is 5.05. The highest BCUT2D eigenvalue weighted by molar-refractivity contribution is 8.00. The van der Waals surface area contributed by atoms with Crippen LogP contribution in [0.1, 0.15) is 45.0 Å². The number of carbonyl (C=O) groups excluding carboxylic acids is 2. The van der Waals surface area contributed by atoms with Gasteiger partial charge in [0.15, 0.2) is 5.16 Å². The summed E-state index contributed by atoms with van der Waals surface area (Å²) in [7, 11) is 0. The summed E-state index contributed by atoms with van der Waals surface area (Å²) in [4.78, 5) is 28.0. The first-order valence-electron chi connectivity index (χ1n) is 7.69. The van der Waals surface area contributed by atoms with Gasteiger partial charge in [-0.25, -0.2) is 9.78 Å². The van der Waals surface area contributed by atoms with Crippen molar-refractivity contribution in [1.29, 1.82) is 0 Å². The smallest absolute Gasteiger partial charge is 0.321 e. The number of hydrogen-bond acceptors (Lipinski definition) is 4. The summed E-state index contributed by atoms with van der Waals surface area (Å²) in [5.41, 5.74) is 2.11. The van der Waals surface area contributed by atoms with E-state index in [-0.39, 0.29) is 11.2 Å². The fourth-order valence-electron chi connectivity index (χ4n) is 1.92. The molecule has 0 aliphatic carbocycles. The molecule has 0 unspecified atom stereocenters. The number of imidazole rings is 1. The van der Waals surface area contributed by atoms with Gasteiger partial charge in [0.1, 0.15) is 0 Å². The molecule has 0 aliphatic heterocycles. The van der Waals surface area contributed by atoms with Crippen molar-refractivity contribution in [2.45, 2.75) is 64.4 Å². The summed E-state index contributed by atoms with van der Waals surface area (Å²) < 4.78 is 2.15. The lowest BCUT2D eigenvalue weighted by atomic mass is 10.3. The van der Waals surface area contributed by atoms with E-state index in [2.05, 4.69) is 27.1 Å². The quantitative estimate of drug-likeness (QED) is 0.755. The number of nitrogens with one attached hydrogen (secondary N) is 2. The summed E-state index contributed by atoms with van der Waals surface area (Å²) in [5, 5.41) is 5.33. The fourth-order valence-corrected chi connectivity index (χ4v) is 2.95. The first-order chi connectivity index (χ1) is 10.4. The standard InChI is InChI=1S/C15H26N4O2S/c1-6-8-9-19-11(4)10(3)17-15(19)22-12(5)13(20)18-14(21)16-7-2/h12H,6-9H2,1-5H3,(H2,16,18,20,21)/t12-/m0/s1. The van der Waals surface area contributed by atoms with Gasteiger partial charge in [0.25, 0.3) is 0 Å². The lowest BCUT2D eigenvalue weighted by Gasteiger charge is -2.13. The summed E-state index contributed by atoms with van der Waals surface area (Å²) >= 11 is 1.38. The molecule has 0 fully saturated rings. The molecule has 1 atom stereocenters. The highest BCUT2D eigenvalue weighted by atomic mass is 32.2. The van der Waals surface area contributed by atoms with Gasteiger partial charge >= 0.3 is 6.03 Å². The molecule has 1 aromatic heterocycles. The minimum atomic E-state index is -0.457. The van der Waals surface area contributed by atoms with Crippen molar-refractivity contribution in [3.63, 3.8) is 0 Å². The number of amides is 3. The number of hydrogen-bond donors (Lipinski definition) is 2. The monoisotopic (exact) mass is 326 g/mol. The van der Waals surface area contributed by atoms with Gasteiger partial charge in [0, 0.05) is 18.8 Å². The molecule has 0 saturated heterocycles. The number of rotatable bonds is 7. The number of carbonyl (C=O) groups is 2. The minimum absolute atomic E-state index is 0.309. The molecule has 124 valence electrons. The molecule has 0 radical (unpaired) electrons. The highest BCUT2D eigenvalue weighted by Crippen LogP contribution is 2.25. The van der Waals surface area contributed by atoms with Crippen LogP contribution in [0.3, 0.4) is 0 Å². The normalized spacial score (nSPS) is 12.0. The van der Waals surface area contributed by atoms with Crippen LogP contribution in [0.5, 0.6) is 0 Å². The molecule has 22 heavy (non-hydrogen) atoms. The van der Waals surface area contributed by atoms with Crippen LogP contribution in [-0.4, -0.2) is 33.3 Å². The Morgan fingerprint density at radius 1 is 1.32 bits per heavy atom. The van der Waals surface area contributed by atoms with Gasteiger partial charge < -0.3 is 9.88 Å². The molecule has 1 heterocycles. The van der Waals surface area contributed by atoms with Crippen LogP contribution in [0.4, 0.5) is 4.79 Å². The van der Waals surface area contributed by atoms with Crippen LogP contribution in [0.25, 0.3) is 0 Å². The molecule has 1 aromatic rings. The van der Waals surface area contributed by atoms with E-state index in [1.54, 1.807) is 13.8 Å². The van der Waals surface area contributed by atoms with Crippen LogP contribution in [0, 0.1) is 13.8 Å². The lowest BCUT2D eigenvalue weighted by Crippen LogP contribution is -2.42. The molecule has 7 heteroatoms. The van der Waals surface area contributed by atoms with Crippen molar-refractivity contribution in [1.82, 2.24) is 20.2 Å². The Morgan fingerprint density at radius 3 is 2.59 bits per heavy atom. The maximum absolute atomic E-state index is 12.0. The van der Waals surface area contributed by atoms with Gasteiger partial charge in [-0.2, -0.15) is 0 Å². The van der Waals surface area contributed by atoms with E-state index >= 15 is 0 Å². The number of urea groups is 1. The van der Waals surface area contributed by atoms with Crippen molar-refractivity contribution in [2.75, 3.05) is 6.54 Å². The van der Waals surface area contributed by atoms with E-state index in [1.165, 1.54) is 11.8 Å². The van der Waals surface area contributed by atoms with E-state index < -0.39 is 6.03 Å². The Hall–Kier alpha value is -1.50. The first-order valence-corrected chi connectivity index (χ1v) is 8.57. The van der Waals surface area contributed by atoms with Crippen molar-refractivity contribution in [2.24, 2.45) is 0 Å². The predicted octanol–water partition coefficient (Wildman–Crippen LogP) is 2.63. The molecule has 1 rings (SSSR count). The van der Waals surface area contributed by atoms with Gasteiger partial charge in [-0.15, -0.1) is 0 Å². The van der Waals surface area contributed by atoms with E-state index in [1.807, 2.05) is 13.8 Å². The molecule has 0 aliphatic rings. The summed E-state index contributed by atoms with van der Waals surface area (Å²) in [6.45, 7) is 11.1. The molecule has 0 bridgehead atoms. The summed E-state index contributed by atoms with van der Waals surface area (Å²) in [5.74, 6) is -0.309. The zero-order valence-electron chi connectivity index (χ0n) is 14.0. The van der Waals surface area contributed by atoms with Crippen molar-refractivity contribution in [3.8, 4) is 0 Å². The zero-order valence-corrected chi connectivity index (χ0v) is 14.8. The Labute approximate surface area is 136 Å². The van der Waals surface area contributed by atoms with Crippen molar-refractivity contribution >= 4 is 23.7 Å². The number of nitrogens with zero attached hydrogens (tertiary/aromatic N) is 2. The van der Waals surface area contributed by atoms with Gasteiger partial charge in [-0.05, 0) is 34.1 Å². The molecular formula is C15H26N4O2S. The number of thioether (sulfide) groups is 1. The van der Waals surface area contributed by atoms with Gasteiger partial charge in [0.2, 0.25) is 5.91 Å². The second kappa shape index (κ2) is 8.82. The van der Waals surface area contributed by atoms with Crippen LogP contribution < -0.4 is 10.6 Å². The molecule has 2 N–H and O–H groups in total.